The first-order chi connectivity index (χ1) is 18.6. The van der Waals surface area contributed by atoms with Gasteiger partial charge in [-0.15, -0.1) is 5.10 Å². The number of nitrogens with one attached hydrogen (secondary N) is 1. The zero-order chi connectivity index (χ0) is 27.7. The minimum atomic E-state index is -3.95. The highest BCUT2D eigenvalue weighted by molar-refractivity contribution is 7.89. The van der Waals surface area contributed by atoms with Gasteiger partial charge in [-0.2, -0.15) is 0 Å². The smallest absolute Gasteiger partial charge is 0.264 e. The first-order valence-corrected chi connectivity index (χ1v) is 14.5. The van der Waals surface area contributed by atoms with Gasteiger partial charge >= 0.3 is 0 Å². The lowest BCUT2D eigenvalue weighted by molar-refractivity contribution is -0.124. The maximum Gasteiger partial charge on any atom is 0.264 e. The van der Waals surface area contributed by atoms with Gasteiger partial charge in [-0.1, -0.05) is 29.5 Å². The first-order valence-electron chi connectivity index (χ1n) is 13.1. The minimum absolute atomic E-state index is 0.0703. The van der Waals surface area contributed by atoms with Crippen molar-refractivity contribution in [3.63, 3.8) is 0 Å². The van der Waals surface area contributed by atoms with Crippen LogP contribution in [0.3, 0.4) is 0 Å². The van der Waals surface area contributed by atoms with E-state index in [0.29, 0.717) is 18.3 Å². The van der Waals surface area contributed by atoms with Gasteiger partial charge in [0.25, 0.3) is 10.0 Å². The van der Waals surface area contributed by atoms with Gasteiger partial charge in [0, 0.05) is 49.6 Å². The molecule has 0 radical (unpaired) electrons. The molecule has 0 bridgehead atoms. The molecule has 1 amide bonds. The molecule has 39 heavy (non-hydrogen) atoms. The summed E-state index contributed by atoms with van der Waals surface area (Å²) in [5.41, 5.74) is 3.54. The lowest BCUT2D eigenvalue weighted by atomic mass is 9.98. The molecule has 3 aromatic rings. The molecule has 11 heteroatoms. The van der Waals surface area contributed by atoms with E-state index in [0.717, 1.165) is 34.1 Å². The molecule has 10 nitrogen and oxygen atoms in total. The summed E-state index contributed by atoms with van der Waals surface area (Å²) >= 11 is 0. The molecule has 0 fully saturated rings. The number of ether oxygens (including phenoxy) is 1. The second-order valence-electron chi connectivity index (χ2n) is 10.4. The Bertz CT molecular complexity index is 1500. The normalized spacial score (nSPS) is 19.2. The number of fused-ring (bicyclic) bond motifs is 1. The molecule has 1 N–H and O–H groups in total. The zero-order valence-electron chi connectivity index (χ0n) is 22.6. The van der Waals surface area contributed by atoms with Crippen molar-refractivity contribution < 1.29 is 17.9 Å². The average molecular weight is 551 g/mol. The van der Waals surface area contributed by atoms with E-state index in [1.807, 2.05) is 13.0 Å². The van der Waals surface area contributed by atoms with E-state index in [1.54, 1.807) is 23.0 Å². The van der Waals surface area contributed by atoms with Crippen molar-refractivity contribution in [3.05, 3.63) is 83.4 Å². The summed E-state index contributed by atoms with van der Waals surface area (Å²) in [5, 5.41) is 11.3. The standard InChI is InChI=1S/C28H34N6O4S/c1-19(2)32(4)17-21-8-9-24-25(10-13-38-27(24)15-21)33-18-22(30-31-33)16-26-28(35)29-11-12-34(26)39(36,37)23-7-5-6-20(3)14-23/h5-9,11-12,14-15,18-19,25-26H,10,13,16-17H2,1-4H3,(H,29,35). The highest BCUT2D eigenvalue weighted by atomic mass is 32.2. The van der Waals surface area contributed by atoms with Gasteiger partial charge in [-0.05, 0) is 57.1 Å². The van der Waals surface area contributed by atoms with E-state index in [1.165, 1.54) is 24.0 Å². The van der Waals surface area contributed by atoms with Crippen LogP contribution in [0.1, 0.15) is 48.7 Å². The molecule has 206 valence electrons. The van der Waals surface area contributed by atoms with E-state index < -0.39 is 22.0 Å². The molecule has 0 saturated heterocycles. The van der Waals surface area contributed by atoms with E-state index in [2.05, 4.69) is 59.6 Å². The number of aryl methyl sites for hydroxylation is 1. The van der Waals surface area contributed by atoms with E-state index in [-0.39, 0.29) is 17.4 Å². The summed E-state index contributed by atoms with van der Waals surface area (Å²) in [6, 6.07) is 12.3. The van der Waals surface area contributed by atoms with Crippen LogP contribution in [0.25, 0.3) is 0 Å². The van der Waals surface area contributed by atoms with Gasteiger partial charge in [0.1, 0.15) is 11.8 Å². The molecule has 0 saturated carbocycles. The van der Waals surface area contributed by atoms with Crippen LogP contribution in [0.4, 0.5) is 0 Å². The highest BCUT2D eigenvalue weighted by Gasteiger charge is 2.36. The van der Waals surface area contributed by atoms with Gasteiger partial charge in [0.05, 0.1) is 23.2 Å². The molecule has 3 heterocycles. The number of aromatic nitrogens is 3. The molecular formula is C28H34N6O4S. The lowest BCUT2D eigenvalue weighted by Crippen LogP contribution is -2.50. The average Bonchev–Trinajstić information content (AvgIpc) is 3.37. The van der Waals surface area contributed by atoms with Gasteiger partial charge in [-0.3, -0.25) is 14.0 Å². The Balaban J connectivity index is 1.37. The van der Waals surface area contributed by atoms with Gasteiger partial charge in [0.15, 0.2) is 0 Å². The van der Waals surface area contributed by atoms with Crippen molar-refractivity contribution in [2.24, 2.45) is 0 Å². The summed E-state index contributed by atoms with van der Waals surface area (Å²) < 4.78 is 35.8. The summed E-state index contributed by atoms with van der Waals surface area (Å²) in [5.74, 6) is 0.420. The van der Waals surface area contributed by atoms with Crippen LogP contribution >= 0.6 is 0 Å². The number of hydrogen-bond donors (Lipinski definition) is 1. The van der Waals surface area contributed by atoms with Crippen LogP contribution in [0.5, 0.6) is 5.75 Å². The zero-order valence-corrected chi connectivity index (χ0v) is 23.4. The van der Waals surface area contributed by atoms with E-state index in [4.69, 9.17) is 4.74 Å². The quantitative estimate of drug-likeness (QED) is 0.459. The number of benzene rings is 2. The van der Waals surface area contributed by atoms with Crippen LogP contribution in [0.2, 0.25) is 0 Å². The molecule has 0 spiro atoms. The lowest BCUT2D eigenvalue weighted by Gasteiger charge is -2.31. The van der Waals surface area contributed by atoms with Crippen LogP contribution in [-0.4, -0.2) is 64.3 Å². The van der Waals surface area contributed by atoms with Crippen molar-refractivity contribution in [3.8, 4) is 5.75 Å². The largest absolute Gasteiger partial charge is 0.493 e. The van der Waals surface area contributed by atoms with Gasteiger partial charge < -0.3 is 10.1 Å². The summed E-state index contributed by atoms with van der Waals surface area (Å²) in [6.45, 7) is 7.53. The number of carbonyl (C=O) groups excluding carboxylic acids is 1. The number of hydrogen-bond acceptors (Lipinski definition) is 7. The first kappa shape index (κ1) is 26.9. The predicted octanol–water partition coefficient (Wildman–Crippen LogP) is 3.00. The van der Waals surface area contributed by atoms with Crippen molar-refractivity contribution in [1.82, 2.24) is 29.5 Å². The molecule has 2 aliphatic heterocycles. The predicted molar refractivity (Wildman–Crippen MR) is 146 cm³/mol. The molecule has 2 aromatic carbocycles. The molecule has 2 unspecified atom stereocenters. The Morgan fingerprint density at radius 3 is 2.79 bits per heavy atom. The third-order valence-electron chi connectivity index (χ3n) is 7.30. The van der Waals surface area contributed by atoms with Crippen LogP contribution in [-0.2, 0) is 27.8 Å². The molecular weight excluding hydrogens is 516 g/mol. The van der Waals surface area contributed by atoms with Crippen LogP contribution in [0.15, 0.2) is 66.0 Å². The fourth-order valence-corrected chi connectivity index (χ4v) is 6.41. The minimum Gasteiger partial charge on any atom is -0.493 e. The second-order valence-corrected chi connectivity index (χ2v) is 12.3. The van der Waals surface area contributed by atoms with Crippen molar-refractivity contribution in [1.29, 1.82) is 0 Å². The van der Waals surface area contributed by atoms with Gasteiger partial charge in [0.2, 0.25) is 5.91 Å². The number of carbonyl (C=O) groups is 1. The summed E-state index contributed by atoms with van der Waals surface area (Å²) in [4.78, 5) is 15.2. The third kappa shape index (κ3) is 5.55. The molecule has 2 atom stereocenters. The number of rotatable bonds is 8. The van der Waals surface area contributed by atoms with Crippen molar-refractivity contribution in [2.45, 2.75) is 63.2 Å². The molecule has 5 rings (SSSR count). The topological polar surface area (TPSA) is 110 Å². The van der Waals surface area contributed by atoms with E-state index >= 15 is 0 Å². The van der Waals surface area contributed by atoms with Crippen LogP contribution < -0.4 is 10.1 Å². The number of sulfonamides is 1. The Kier molecular flexibility index (Phi) is 7.46. The van der Waals surface area contributed by atoms with Crippen molar-refractivity contribution in [2.75, 3.05) is 13.7 Å². The van der Waals surface area contributed by atoms with E-state index in [9.17, 15) is 13.2 Å². The molecule has 2 aliphatic rings. The monoisotopic (exact) mass is 550 g/mol. The molecule has 1 aromatic heterocycles. The second kappa shape index (κ2) is 10.8. The number of nitrogens with zero attached hydrogens (tertiary/aromatic N) is 5. The third-order valence-corrected chi connectivity index (χ3v) is 9.08. The highest BCUT2D eigenvalue weighted by Crippen LogP contribution is 2.35. The SMILES string of the molecule is Cc1cccc(S(=O)(=O)N2C=CNC(=O)C2Cc2cn(C3CCOc4cc(CN(C)C(C)C)ccc43)nn2)c1. The maximum atomic E-state index is 13.4. The maximum absolute atomic E-state index is 13.4. The summed E-state index contributed by atoms with van der Waals surface area (Å²) in [6.07, 6.45) is 5.33. The Morgan fingerprint density at radius 1 is 1.21 bits per heavy atom. The fraction of sp³-hybridized carbons (Fsp3) is 0.393. The van der Waals surface area contributed by atoms with Crippen LogP contribution in [0, 0.1) is 6.92 Å². The Labute approximate surface area is 229 Å². The van der Waals surface area contributed by atoms with Crippen molar-refractivity contribution >= 4 is 15.9 Å². The van der Waals surface area contributed by atoms with Gasteiger partial charge in [-0.25, -0.2) is 13.1 Å². The molecule has 0 aliphatic carbocycles. The Hall–Kier alpha value is -3.70. The number of amides is 1. The summed E-state index contributed by atoms with van der Waals surface area (Å²) in [7, 11) is -1.85. The fourth-order valence-electron chi connectivity index (χ4n) is 4.85. The Morgan fingerprint density at radius 2 is 2.03 bits per heavy atom.